The Balaban J connectivity index is 1.66. The van der Waals surface area contributed by atoms with Gasteiger partial charge in [0.05, 0.1) is 17.0 Å². The summed E-state index contributed by atoms with van der Waals surface area (Å²) < 4.78 is 1.94. The maximum atomic E-state index is 12.8. The molecule has 1 amide bonds. The standard InChI is InChI=1S/C24H28N4O2S/c1-16-10-12-27(13-11-16)22(30)15-31-24-26-25-23(19-6-4-5-7-21(19)29)28(24)20-9-8-17(2)14-18(20)3/h4-9,14,16,29H,10-13,15H2,1-3H3. The Morgan fingerprint density at radius 2 is 1.87 bits per heavy atom. The summed E-state index contributed by atoms with van der Waals surface area (Å²) >= 11 is 1.40. The van der Waals surface area contributed by atoms with Gasteiger partial charge in [0.1, 0.15) is 5.75 Å². The number of hydrogen-bond donors (Lipinski definition) is 1. The summed E-state index contributed by atoms with van der Waals surface area (Å²) in [6.45, 7) is 8.00. The van der Waals surface area contributed by atoms with Crippen molar-refractivity contribution in [1.29, 1.82) is 0 Å². The van der Waals surface area contributed by atoms with E-state index in [0.29, 0.717) is 28.2 Å². The number of phenolic OH excluding ortho intramolecular Hbond substituents is 1. The Kier molecular flexibility index (Phi) is 6.32. The molecule has 0 unspecified atom stereocenters. The molecule has 1 aromatic heterocycles. The quantitative estimate of drug-likeness (QED) is 0.592. The Hall–Kier alpha value is -2.80. The average Bonchev–Trinajstić information content (AvgIpc) is 3.16. The topological polar surface area (TPSA) is 71.2 Å². The van der Waals surface area contributed by atoms with Crippen LogP contribution in [0.25, 0.3) is 17.1 Å². The number of benzene rings is 2. The van der Waals surface area contributed by atoms with Crippen LogP contribution in [0.1, 0.15) is 30.9 Å². The third-order valence-electron chi connectivity index (χ3n) is 5.83. The van der Waals surface area contributed by atoms with E-state index in [1.807, 2.05) is 40.7 Å². The van der Waals surface area contributed by atoms with E-state index in [2.05, 4.69) is 30.1 Å². The molecule has 1 aliphatic rings. The molecular weight excluding hydrogens is 408 g/mol. The van der Waals surface area contributed by atoms with Gasteiger partial charge < -0.3 is 10.0 Å². The largest absolute Gasteiger partial charge is 0.507 e. The summed E-state index contributed by atoms with van der Waals surface area (Å²) in [5.41, 5.74) is 3.80. The van der Waals surface area contributed by atoms with Gasteiger partial charge in [0.2, 0.25) is 5.91 Å². The van der Waals surface area contributed by atoms with E-state index >= 15 is 0 Å². The number of amides is 1. The highest BCUT2D eigenvalue weighted by atomic mass is 32.2. The lowest BCUT2D eigenvalue weighted by Crippen LogP contribution is -2.38. The van der Waals surface area contributed by atoms with Crippen LogP contribution in [0.15, 0.2) is 47.6 Å². The summed E-state index contributed by atoms with van der Waals surface area (Å²) in [6.07, 6.45) is 2.12. The van der Waals surface area contributed by atoms with Crippen LogP contribution in [0, 0.1) is 19.8 Å². The molecule has 1 N–H and O–H groups in total. The molecule has 4 rings (SSSR count). The lowest BCUT2D eigenvalue weighted by Gasteiger charge is -2.30. The first-order valence-corrected chi connectivity index (χ1v) is 11.6. The lowest BCUT2D eigenvalue weighted by molar-refractivity contribution is -0.129. The van der Waals surface area contributed by atoms with Gasteiger partial charge in [-0.15, -0.1) is 10.2 Å². The average molecular weight is 437 g/mol. The molecule has 6 nitrogen and oxygen atoms in total. The van der Waals surface area contributed by atoms with Gasteiger partial charge in [-0.1, -0.05) is 48.5 Å². The highest BCUT2D eigenvalue weighted by molar-refractivity contribution is 7.99. The second-order valence-corrected chi connectivity index (χ2v) is 9.24. The zero-order chi connectivity index (χ0) is 22.0. The van der Waals surface area contributed by atoms with Gasteiger partial charge in [-0.2, -0.15) is 0 Å². The van der Waals surface area contributed by atoms with Crippen molar-refractivity contribution in [2.75, 3.05) is 18.8 Å². The number of carbonyl (C=O) groups is 1. The number of phenols is 1. The molecular formula is C24H28N4O2S. The smallest absolute Gasteiger partial charge is 0.233 e. The summed E-state index contributed by atoms with van der Waals surface area (Å²) in [5.74, 6) is 1.85. The van der Waals surface area contributed by atoms with E-state index < -0.39 is 0 Å². The molecule has 0 atom stereocenters. The van der Waals surface area contributed by atoms with Crippen molar-refractivity contribution in [3.8, 4) is 22.8 Å². The van der Waals surface area contributed by atoms with Crippen LogP contribution in [-0.2, 0) is 4.79 Å². The third-order valence-corrected chi connectivity index (χ3v) is 6.75. The zero-order valence-electron chi connectivity index (χ0n) is 18.2. The van der Waals surface area contributed by atoms with E-state index in [1.54, 1.807) is 12.1 Å². The van der Waals surface area contributed by atoms with Gasteiger partial charge in [-0.05, 0) is 56.4 Å². The minimum Gasteiger partial charge on any atom is -0.507 e. The van der Waals surface area contributed by atoms with Crippen LogP contribution < -0.4 is 0 Å². The molecule has 0 bridgehead atoms. The second-order valence-electron chi connectivity index (χ2n) is 8.30. The normalized spacial score (nSPS) is 14.7. The molecule has 3 aromatic rings. The molecule has 7 heteroatoms. The molecule has 2 aromatic carbocycles. The molecule has 31 heavy (non-hydrogen) atoms. The van der Waals surface area contributed by atoms with E-state index in [1.165, 1.54) is 17.3 Å². The first kappa shape index (κ1) is 21.4. The van der Waals surface area contributed by atoms with Crippen LogP contribution >= 0.6 is 11.8 Å². The monoisotopic (exact) mass is 436 g/mol. The third kappa shape index (κ3) is 4.61. The minimum absolute atomic E-state index is 0.135. The number of nitrogens with zero attached hydrogens (tertiary/aromatic N) is 4. The van der Waals surface area contributed by atoms with Crippen molar-refractivity contribution >= 4 is 17.7 Å². The van der Waals surface area contributed by atoms with Crippen molar-refractivity contribution < 1.29 is 9.90 Å². The molecule has 0 aliphatic carbocycles. The van der Waals surface area contributed by atoms with Crippen LogP contribution in [0.4, 0.5) is 0 Å². The first-order valence-electron chi connectivity index (χ1n) is 10.7. The highest BCUT2D eigenvalue weighted by Crippen LogP contribution is 2.34. The first-order chi connectivity index (χ1) is 14.9. The van der Waals surface area contributed by atoms with Crippen molar-refractivity contribution in [2.45, 2.75) is 38.8 Å². The number of likely N-dealkylation sites (tertiary alicyclic amines) is 1. The fraction of sp³-hybridized carbons (Fsp3) is 0.375. The number of aryl methyl sites for hydroxylation is 2. The summed E-state index contributed by atoms with van der Waals surface area (Å²) in [4.78, 5) is 14.7. The second kappa shape index (κ2) is 9.14. The fourth-order valence-corrected chi connectivity index (χ4v) is 4.80. The molecule has 1 aliphatic heterocycles. The van der Waals surface area contributed by atoms with E-state index in [4.69, 9.17) is 0 Å². The van der Waals surface area contributed by atoms with Gasteiger partial charge in [0.15, 0.2) is 11.0 Å². The fourth-order valence-electron chi connectivity index (χ4n) is 3.95. The number of rotatable bonds is 5. The van der Waals surface area contributed by atoms with E-state index in [-0.39, 0.29) is 11.7 Å². The van der Waals surface area contributed by atoms with E-state index in [9.17, 15) is 9.90 Å². The number of hydrogen-bond acceptors (Lipinski definition) is 5. The molecule has 0 radical (unpaired) electrons. The van der Waals surface area contributed by atoms with Crippen LogP contribution in [0.2, 0.25) is 0 Å². The van der Waals surface area contributed by atoms with Crippen molar-refractivity contribution in [3.63, 3.8) is 0 Å². The predicted octanol–water partition coefficient (Wildman–Crippen LogP) is 4.61. The highest BCUT2D eigenvalue weighted by Gasteiger charge is 2.23. The summed E-state index contributed by atoms with van der Waals surface area (Å²) in [6, 6.07) is 13.3. The van der Waals surface area contributed by atoms with Crippen molar-refractivity contribution in [3.05, 3.63) is 53.6 Å². The molecule has 1 saturated heterocycles. The molecule has 2 heterocycles. The van der Waals surface area contributed by atoms with Gasteiger partial charge in [0.25, 0.3) is 0 Å². The maximum Gasteiger partial charge on any atom is 0.233 e. The van der Waals surface area contributed by atoms with Gasteiger partial charge in [-0.3, -0.25) is 9.36 Å². The van der Waals surface area contributed by atoms with Crippen molar-refractivity contribution in [1.82, 2.24) is 19.7 Å². The molecule has 1 fully saturated rings. The Morgan fingerprint density at radius 3 is 2.58 bits per heavy atom. The Labute approximate surface area is 187 Å². The molecule has 0 spiro atoms. The molecule has 0 saturated carbocycles. The maximum absolute atomic E-state index is 12.8. The summed E-state index contributed by atoms with van der Waals surface area (Å²) in [5, 5.41) is 19.9. The molecule has 162 valence electrons. The zero-order valence-corrected chi connectivity index (χ0v) is 19.0. The van der Waals surface area contributed by atoms with Crippen LogP contribution in [0.5, 0.6) is 5.75 Å². The van der Waals surface area contributed by atoms with Crippen LogP contribution in [0.3, 0.4) is 0 Å². The summed E-state index contributed by atoms with van der Waals surface area (Å²) in [7, 11) is 0. The minimum atomic E-state index is 0.135. The van der Waals surface area contributed by atoms with Crippen LogP contribution in [-0.4, -0.2) is 49.5 Å². The number of thioether (sulfide) groups is 1. The number of para-hydroxylation sites is 1. The van der Waals surface area contributed by atoms with Gasteiger partial charge in [-0.25, -0.2) is 0 Å². The lowest BCUT2D eigenvalue weighted by atomic mass is 9.99. The van der Waals surface area contributed by atoms with Crippen molar-refractivity contribution in [2.24, 2.45) is 5.92 Å². The number of aromatic hydroxyl groups is 1. The SMILES string of the molecule is Cc1ccc(-n2c(SCC(=O)N3CCC(C)CC3)nnc2-c2ccccc2O)c(C)c1. The number of carbonyl (C=O) groups excluding carboxylic acids is 1. The van der Waals surface area contributed by atoms with Gasteiger partial charge in [0, 0.05) is 13.1 Å². The Morgan fingerprint density at radius 1 is 1.13 bits per heavy atom. The predicted molar refractivity (Wildman–Crippen MR) is 124 cm³/mol. The number of piperidine rings is 1. The Bertz CT molecular complexity index is 1090. The van der Waals surface area contributed by atoms with E-state index in [0.717, 1.165) is 37.2 Å². The number of aromatic nitrogens is 3. The van der Waals surface area contributed by atoms with Gasteiger partial charge >= 0.3 is 0 Å².